The van der Waals surface area contributed by atoms with Gasteiger partial charge in [0.2, 0.25) is 0 Å². The first-order chi connectivity index (χ1) is 9.89. The highest BCUT2D eigenvalue weighted by molar-refractivity contribution is 9.10. The van der Waals surface area contributed by atoms with Crippen LogP contribution >= 0.6 is 27.7 Å². The molecule has 0 spiro atoms. The predicted octanol–water partition coefficient (Wildman–Crippen LogP) is 5.29. The van der Waals surface area contributed by atoms with Crippen LogP contribution in [-0.4, -0.2) is 10.9 Å². The summed E-state index contributed by atoms with van der Waals surface area (Å²) in [4.78, 5) is 0.876. The molecule has 0 heterocycles. The van der Waals surface area contributed by atoms with Crippen molar-refractivity contribution in [1.29, 1.82) is 0 Å². The number of aliphatic hydroxyl groups is 1. The SMILES string of the molecule is OC(CSc1ccccc1Br)c1ccccc1C(F)(F)F. The predicted molar refractivity (Wildman–Crippen MR) is 81.3 cm³/mol. The summed E-state index contributed by atoms with van der Waals surface area (Å²) in [7, 11) is 0. The molecule has 0 aliphatic carbocycles. The average Bonchev–Trinajstić information content (AvgIpc) is 2.45. The van der Waals surface area contributed by atoms with Gasteiger partial charge in [0, 0.05) is 15.1 Å². The Morgan fingerprint density at radius 3 is 2.33 bits per heavy atom. The second-order valence-corrected chi connectivity index (χ2v) is 6.26. The van der Waals surface area contributed by atoms with Crippen molar-refractivity contribution in [3.8, 4) is 0 Å². The molecule has 2 aromatic carbocycles. The van der Waals surface area contributed by atoms with E-state index in [9.17, 15) is 18.3 Å². The summed E-state index contributed by atoms with van der Waals surface area (Å²) in [5, 5.41) is 10.1. The Kier molecular flexibility index (Phi) is 5.35. The van der Waals surface area contributed by atoms with E-state index in [0.717, 1.165) is 15.4 Å². The Morgan fingerprint density at radius 1 is 1.05 bits per heavy atom. The lowest BCUT2D eigenvalue weighted by atomic mass is 10.0. The fourth-order valence-electron chi connectivity index (χ4n) is 1.87. The molecule has 0 saturated carbocycles. The molecule has 0 bridgehead atoms. The number of rotatable bonds is 4. The van der Waals surface area contributed by atoms with Crippen molar-refractivity contribution in [1.82, 2.24) is 0 Å². The molecule has 21 heavy (non-hydrogen) atoms. The number of halogens is 4. The van der Waals surface area contributed by atoms with Gasteiger partial charge in [-0.3, -0.25) is 0 Å². The van der Waals surface area contributed by atoms with E-state index in [4.69, 9.17) is 0 Å². The first-order valence-electron chi connectivity index (χ1n) is 6.11. The molecule has 112 valence electrons. The van der Waals surface area contributed by atoms with Crippen molar-refractivity contribution in [2.45, 2.75) is 17.2 Å². The van der Waals surface area contributed by atoms with Crippen molar-refractivity contribution >= 4 is 27.7 Å². The standard InChI is InChI=1S/C15H12BrF3OS/c16-12-7-3-4-8-14(12)21-9-13(20)10-5-1-2-6-11(10)15(17,18)19/h1-8,13,20H,9H2. The molecule has 2 aromatic rings. The van der Waals surface area contributed by atoms with E-state index < -0.39 is 17.8 Å². The van der Waals surface area contributed by atoms with E-state index in [2.05, 4.69) is 15.9 Å². The molecular weight excluding hydrogens is 365 g/mol. The summed E-state index contributed by atoms with van der Waals surface area (Å²) in [6, 6.07) is 12.5. The van der Waals surface area contributed by atoms with E-state index in [1.807, 2.05) is 24.3 Å². The van der Waals surface area contributed by atoms with Crippen molar-refractivity contribution in [2.75, 3.05) is 5.75 Å². The Hall–Kier alpha value is -0.980. The summed E-state index contributed by atoms with van der Waals surface area (Å²) < 4.78 is 39.6. The number of alkyl halides is 3. The third-order valence-corrected chi connectivity index (χ3v) is 4.96. The minimum atomic E-state index is -4.46. The molecule has 0 radical (unpaired) electrons. The van der Waals surface area contributed by atoms with E-state index in [1.165, 1.54) is 30.0 Å². The van der Waals surface area contributed by atoms with Crippen LogP contribution in [0.3, 0.4) is 0 Å². The molecule has 0 amide bonds. The monoisotopic (exact) mass is 376 g/mol. The molecule has 0 aliphatic heterocycles. The van der Waals surface area contributed by atoms with Gasteiger partial charge in [0.25, 0.3) is 0 Å². The molecule has 6 heteroatoms. The van der Waals surface area contributed by atoms with E-state index in [0.29, 0.717) is 0 Å². The third kappa shape index (κ3) is 4.25. The summed E-state index contributed by atoms with van der Waals surface area (Å²) in [6.45, 7) is 0. The van der Waals surface area contributed by atoms with Gasteiger partial charge in [0.05, 0.1) is 11.7 Å². The van der Waals surface area contributed by atoms with Gasteiger partial charge >= 0.3 is 6.18 Å². The van der Waals surface area contributed by atoms with Crippen LogP contribution in [0.5, 0.6) is 0 Å². The molecule has 1 nitrogen and oxygen atoms in total. The number of aliphatic hydroxyl groups excluding tert-OH is 1. The van der Waals surface area contributed by atoms with Crippen molar-refractivity contribution < 1.29 is 18.3 Å². The quantitative estimate of drug-likeness (QED) is 0.731. The van der Waals surface area contributed by atoms with Crippen LogP contribution in [0.4, 0.5) is 13.2 Å². The highest BCUT2D eigenvalue weighted by atomic mass is 79.9. The first-order valence-corrected chi connectivity index (χ1v) is 7.89. The fourth-order valence-corrected chi connectivity index (χ4v) is 3.39. The molecular formula is C15H12BrF3OS. The first kappa shape index (κ1) is 16.4. The summed E-state index contributed by atoms with van der Waals surface area (Å²) >= 11 is 4.67. The van der Waals surface area contributed by atoms with Gasteiger partial charge in [0.1, 0.15) is 0 Å². The molecule has 0 fully saturated rings. The maximum atomic E-state index is 12.9. The van der Waals surface area contributed by atoms with E-state index in [1.54, 1.807) is 0 Å². The molecule has 2 rings (SSSR count). The number of hydrogen-bond acceptors (Lipinski definition) is 2. The number of hydrogen-bond donors (Lipinski definition) is 1. The second kappa shape index (κ2) is 6.85. The molecule has 0 saturated heterocycles. The van der Waals surface area contributed by atoms with Gasteiger partial charge in [-0.2, -0.15) is 13.2 Å². The number of thioether (sulfide) groups is 1. The van der Waals surface area contributed by atoms with Crippen LogP contribution < -0.4 is 0 Å². The maximum Gasteiger partial charge on any atom is 0.416 e. The van der Waals surface area contributed by atoms with E-state index >= 15 is 0 Å². The van der Waals surface area contributed by atoms with Crippen LogP contribution in [0.1, 0.15) is 17.2 Å². The Morgan fingerprint density at radius 2 is 1.67 bits per heavy atom. The summed E-state index contributed by atoms with van der Waals surface area (Å²) in [6.07, 6.45) is -5.64. The molecule has 0 aliphatic rings. The van der Waals surface area contributed by atoms with Gasteiger partial charge < -0.3 is 5.11 Å². The normalized spacial score (nSPS) is 13.2. The molecule has 1 unspecified atom stereocenters. The fraction of sp³-hybridized carbons (Fsp3) is 0.200. The van der Waals surface area contributed by atoms with Crippen LogP contribution in [0.2, 0.25) is 0 Å². The molecule has 1 atom stereocenters. The largest absolute Gasteiger partial charge is 0.416 e. The summed E-state index contributed by atoms with van der Waals surface area (Å²) in [5.74, 6) is 0.149. The minimum absolute atomic E-state index is 0.0930. The smallest absolute Gasteiger partial charge is 0.388 e. The molecule has 1 N–H and O–H groups in total. The lowest BCUT2D eigenvalue weighted by Crippen LogP contribution is -2.13. The van der Waals surface area contributed by atoms with Crippen molar-refractivity contribution in [2.24, 2.45) is 0 Å². The number of benzene rings is 2. The van der Waals surface area contributed by atoms with Crippen molar-refractivity contribution in [3.63, 3.8) is 0 Å². The molecule has 0 aromatic heterocycles. The minimum Gasteiger partial charge on any atom is -0.388 e. The zero-order valence-electron chi connectivity index (χ0n) is 10.8. The second-order valence-electron chi connectivity index (χ2n) is 4.34. The average molecular weight is 377 g/mol. The lowest BCUT2D eigenvalue weighted by Gasteiger charge is -2.17. The van der Waals surface area contributed by atoms with Gasteiger partial charge in [0.15, 0.2) is 0 Å². The zero-order chi connectivity index (χ0) is 15.5. The van der Waals surface area contributed by atoms with Gasteiger partial charge in [-0.05, 0) is 39.7 Å². The highest BCUT2D eigenvalue weighted by Crippen LogP contribution is 2.37. The van der Waals surface area contributed by atoms with Crippen LogP contribution in [0.15, 0.2) is 57.9 Å². The van der Waals surface area contributed by atoms with Gasteiger partial charge in [-0.25, -0.2) is 0 Å². The lowest BCUT2D eigenvalue weighted by molar-refractivity contribution is -0.139. The maximum absolute atomic E-state index is 12.9. The topological polar surface area (TPSA) is 20.2 Å². The summed E-state index contributed by atoms with van der Waals surface area (Å²) in [5.41, 5.74) is -0.880. The van der Waals surface area contributed by atoms with Gasteiger partial charge in [-0.15, -0.1) is 11.8 Å². The zero-order valence-corrected chi connectivity index (χ0v) is 13.2. The van der Waals surface area contributed by atoms with Crippen LogP contribution in [0.25, 0.3) is 0 Å². The van der Waals surface area contributed by atoms with Crippen molar-refractivity contribution in [3.05, 3.63) is 64.1 Å². The Bertz CT molecular complexity index is 616. The Balaban J connectivity index is 2.15. The highest BCUT2D eigenvalue weighted by Gasteiger charge is 2.34. The van der Waals surface area contributed by atoms with Crippen LogP contribution in [0, 0.1) is 0 Å². The third-order valence-electron chi connectivity index (χ3n) is 2.86. The van der Waals surface area contributed by atoms with Crippen LogP contribution in [-0.2, 0) is 6.18 Å². The Labute approximate surface area is 133 Å². The van der Waals surface area contributed by atoms with E-state index in [-0.39, 0.29) is 11.3 Å². The van der Waals surface area contributed by atoms with Gasteiger partial charge in [-0.1, -0.05) is 30.3 Å².